The maximum atomic E-state index is 12.7. The molecule has 0 saturated heterocycles. The number of halogens is 2. The van der Waals surface area contributed by atoms with Gasteiger partial charge in [-0.25, -0.2) is 4.98 Å². The maximum absolute atomic E-state index is 12.7. The van der Waals surface area contributed by atoms with Gasteiger partial charge in [-0.15, -0.1) is 0 Å². The van der Waals surface area contributed by atoms with Crippen LogP contribution in [0.4, 0.5) is 0 Å². The van der Waals surface area contributed by atoms with E-state index < -0.39 is 0 Å². The zero-order valence-corrected chi connectivity index (χ0v) is 12.9. The first-order valence-corrected chi connectivity index (χ1v) is 7.17. The Hall–Kier alpha value is -1.65. The molecule has 20 heavy (non-hydrogen) atoms. The highest BCUT2D eigenvalue weighted by Crippen LogP contribution is 2.27. The van der Waals surface area contributed by atoms with Crippen molar-refractivity contribution in [3.8, 4) is 0 Å². The van der Waals surface area contributed by atoms with Gasteiger partial charge >= 0.3 is 0 Å². The largest absolute Gasteiger partial charge is 0.345 e. The number of hydrogen-bond acceptors (Lipinski definition) is 2. The number of fused-ring (bicyclic) bond motifs is 1. The molecule has 5 heteroatoms. The first-order valence-electron chi connectivity index (χ1n) is 6.00. The Morgan fingerprint density at radius 3 is 2.90 bits per heavy atom. The second-order valence-corrected chi connectivity index (χ2v) is 5.89. The number of aryl methyl sites for hydroxylation is 1. The van der Waals surface area contributed by atoms with Gasteiger partial charge < -0.3 is 4.98 Å². The third-order valence-corrected chi connectivity index (χ3v) is 3.84. The number of aromatic nitrogens is 2. The predicted molar refractivity (Wildman–Crippen MR) is 83.4 cm³/mol. The summed E-state index contributed by atoms with van der Waals surface area (Å²) < 4.78 is 0.880. The maximum Gasteiger partial charge on any atom is 0.195 e. The number of hydrogen-bond donors (Lipinski definition) is 1. The molecule has 1 aromatic carbocycles. The molecule has 0 radical (unpaired) electrons. The molecule has 0 fully saturated rings. The second kappa shape index (κ2) is 5.04. The molecule has 0 aliphatic carbocycles. The first-order chi connectivity index (χ1) is 9.56. The van der Waals surface area contributed by atoms with Gasteiger partial charge in [0.15, 0.2) is 5.78 Å². The zero-order chi connectivity index (χ0) is 14.3. The lowest BCUT2D eigenvalue weighted by Crippen LogP contribution is -2.01. The molecule has 3 aromatic rings. The molecule has 0 amide bonds. The molecule has 0 unspecified atom stereocenters. The van der Waals surface area contributed by atoms with Gasteiger partial charge in [0.2, 0.25) is 0 Å². The summed E-state index contributed by atoms with van der Waals surface area (Å²) in [7, 11) is 0. The average Bonchev–Trinajstić information content (AvgIpc) is 2.82. The summed E-state index contributed by atoms with van der Waals surface area (Å²) in [5, 5.41) is 1.18. The van der Waals surface area contributed by atoms with Crippen LogP contribution >= 0.6 is 27.5 Å². The molecule has 0 atom stereocenters. The molecular weight excluding hydrogens is 340 g/mol. The first kappa shape index (κ1) is 13.3. The SMILES string of the molecule is Cc1cc(Br)cc(C(=O)c2c[nH]c3nccc(Cl)c23)c1. The van der Waals surface area contributed by atoms with E-state index in [1.807, 2.05) is 19.1 Å². The third-order valence-electron chi connectivity index (χ3n) is 3.07. The van der Waals surface area contributed by atoms with Gasteiger partial charge in [0, 0.05) is 27.8 Å². The van der Waals surface area contributed by atoms with Crippen molar-refractivity contribution in [1.29, 1.82) is 0 Å². The van der Waals surface area contributed by atoms with E-state index in [0.29, 0.717) is 27.2 Å². The fraction of sp³-hybridized carbons (Fsp3) is 0.0667. The fourth-order valence-corrected chi connectivity index (χ4v) is 3.07. The summed E-state index contributed by atoms with van der Waals surface area (Å²) >= 11 is 9.59. The number of aromatic amines is 1. The van der Waals surface area contributed by atoms with Crippen molar-refractivity contribution in [3.63, 3.8) is 0 Å². The number of nitrogens with one attached hydrogen (secondary N) is 1. The molecule has 0 bridgehead atoms. The monoisotopic (exact) mass is 348 g/mol. The molecule has 0 spiro atoms. The summed E-state index contributed by atoms with van der Waals surface area (Å²) in [6.07, 6.45) is 3.26. The molecule has 1 N–H and O–H groups in total. The summed E-state index contributed by atoms with van der Waals surface area (Å²) in [5.41, 5.74) is 2.80. The van der Waals surface area contributed by atoms with Crippen LogP contribution in [0, 0.1) is 6.92 Å². The smallest absolute Gasteiger partial charge is 0.195 e. The quantitative estimate of drug-likeness (QED) is 0.691. The Labute approximate surface area is 129 Å². The molecule has 0 aliphatic heterocycles. The summed E-state index contributed by atoms with van der Waals surface area (Å²) in [5.74, 6) is -0.0736. The van der Waals surface area contributed by atoms with Crippen molar-refractivity contribution < 1.29 is 4.79 Å². The number of carbonyl (C=O) groups excluding carboxylic acids is 1. The van der Waals surface area contributed by atoms with Gasteiger partial charge in [0.1, 0.15) is 5.65 Å². The molecule has 0 aliphatic rings. The molecular formula is C15H10BrClN2O. The van der Waals surface area contributed by atoms with Crippen molar-refractivity contribution in [2.75, 3.05) is 0 Å². The lowest BCUT2D eigenvalue weighted by atomic mass is 10.0. The van der Waals surface area contributed by atoms with Crippen LogP contribution in [0.5, 0.6) is 0 Å². The lowest BCUT2D eigenvalue weighted by molar-refractivity contribution is 0.104. The Balaban J connectivity index is 2.18. The minimum atomic E-state index is -0.0736. The summed E-state index contributed by atoms with van der Waals surface area (Å²) in [6.45, 7) is 1.95. The van der Waals surface area contributed by atoms with Crippen LogP contribution in [0.25, 0.3) is 11.0 Å². The van der Waals surface area contributed by atoms with E-state index >= 15 is 0 Å². The molecule has 3 rings (SSSR count). The summed E-state index contributed by atoms with van der Waals surface area (Å²) in [6, 6.07) is 7.30. The topological polar surface area (TPSA) is 45.8 Å². The van der Waals surface area contributed by atoms with E-state index in [0.717, 1.165) is 10.0 Å². The lowest BCUT2D eigenvalue weighted by Gasteiger charge is -2.03. The third kappa shape index (κ3) is 2.25. The minimum absolute atomic E-state index is 0.0736. The van der Waals surface area contributed by atoms with E-state index in [2.05, 4.69) is 25.9 Å². The van der Waals surface area contributed by atoms with Crippen molar-refractivity contribution in [1.82, 2.24) is 9.97 Å². The van der Waals surface area contributed by atoms with Gasteiger partial charge in [-0.3, -0.25) is 4.79 Å². The van der Waals surface area contributed by atoms with Gasteiger partial charge in [0.05, 0.1) is 10.6 Å². The van der Waals surface area contributed by atoms with E-state index in [4.69, 9.17) is 11.6 Å². The van der Waals surface area contributed by atoms with Gasteiger partial charge in [0.25, 0.3) is 0 Å². The predicted octanol–water partition coefficient (Wildman–Crippen LogP) is 4.52. The number of benzene rings is 1. The normalized spacial score (nSPS) is 10.9. The van der Waals surface area contributed by atoms with Crippen LogP contribution in [0.2, 0.25) is 5.02 Å². The van der Waals surface area contributed by atoms with E-state index in [-0.39, 0.29) is 5.78 Å². The highest BCUT2D eigenvalue weighted by Gasteiger charge is 2.17. The molecule has 2 aromatic heterocycles. The Kier molecular flexibility index (Phi) is 3.36. The highest BCUT2D eigenvalue weighted by atomic mass is 79.9. The van der Waals surface area contributed by atoms with Crippen LogP contribution in [-0.4, -0.2) is 15.8 Å². The van der Waals surface area contributed by atoms with Gasteiger partial charge in [-0.1, -0.05) is 27.5 Å². The molecule has 0 saturated carbocycles. The Bertz CT molecular complexity index is 806. The average molecular weight is 350 g/mol. The van der Waals surface area contributed by atoms with E-state index in [9.17, 15) is 4.79 Å². The number of ketones is 1. The highest BCUT2D eigenvalue weighted by molar-refractivity contribution is 9.10. The van der Waals surface area contributed by atoms with Crippen LogP contribution in [0.1, 0.15) is 21.5 Å². The number of pyridine rings is 1. The van der Waals surface area contributed by atoms with E-state index in [1.54, 1.807) is 24.5 Å². The Morgan fingerprint density at radius 2 is 2.15 bits per heavy atom. The molecule has 2 heterocycles. The van der Waals surface area contributed by atoms with Crippen LogP contribution in [0.3, 0.4) is 0 Å². The standard InChI is InChI=1S/C15H10BrClN2O/c1-8-4-9(6-10(16)5-8)14(20)11-7-19-15-13(11)12(17)2-3-18-15/h2-7H,1H3,(H,18,19). The number of rotatable bonds is 2. The van der Waals surface area contributed by atoms with Crippen LogP contribution in [0.15, 0.2) is 41.1 Å². The fourth-order valence-electron chi connectivity index (χ4n) is 2.22. The van der Waals surface area contributed by atoms with Crippen molar-refractivity contribution in [2.24, 2.45) is 0 Å². The second-order valence-electron chi connectivity index (χ2n) is 4.57. The van der Waals surface area contributed by atoms with Crippen LogP contribution < -0.4 is 0 Å². The molecule has 100 valence electrons. The molecule has 3 nitrogen and oxygen atoms in total. The summed E-state index contributed by atoms with van der Waals surface area (Å²) in [4.78, 5) is 19.8. The van der Waals surface area contributed by atoms with Gasteiger partial charge in [-0.2, -0.15) is 0 Å². The van der Waals surface area contributed by atoms with Gasteiger partial charge in [-0.05, 0) is 36.8 Å². The minimum Gasteiger partial charge on any atom is -0.345 e. The zero-order valence-electron chi connectivity index (χ0n) is 10.6. The number of H-pyrrole nitrogens is 1. The Morgan fingerprint density at radius 1 is 1.35 bits per heavy atom. The number of nitrogens with zero attached hydrogens (tertiary/aromatic N) is 1. The van der Waals surface area contributed by atoms with Crippen LogP contribution in [-0.2, 0) is 0 Å². The van der Waals surface area contributed by atoms with E-state index in [1.165, 1.54) is 0 Å². The van der Waals surface area contributed by atoms with Crippen molar-refractivity contribution >= 4 is 44.3 Å². The van der Waals surface area contributed by atoms with Crippen molar-refractivity contribution in [2.45, 2.75) is 6.92 Å². The van der Waals surface area contributed by atoms with Crippen molar-refractivity contribution in [3.05, 3.63) is 62.8 Å². The number of carbonyl (C=O) groups is 1.